The maximum absolute atomic E-state index is 10.4. The average Bonchev–Trinajstić information content (AvgIpc) is 2.39. The second-order valence-corrected chi connectivity index (χ2v) is 5.31. The molecule has 0 radical (unpaired) electrons. The van der Waals surface area contributed by atoms with Crippen LogP contribution in [0, 0.1) is 0 Å². The lowest BCUT2D eigenvalue weighted by atomic mass is 9.95. The molecule has 0 aliphatic carbocycles. The van der Waals surface area contributed by atoms with Crippen molar-refractivity contribution in [3.8, 4) is 0 Å². The van der Waals surface area contributed by atoms with Crippen LogP contribution in [0.4, 0.5) is 0 Å². The van der Waals surface area contributed by atoms with Gasteiger partial charge in [-0.3, -0.25) is 0 Å². The van der Waals surface area contributed by atoms with E-state index in [1.807, 2.05) is 66.7 Å². The topological polar surface area (TPSA) is 20.2 Å². The van der Waals surface area contributed by atoms with Crippen molar-refractivity contribution in [2.45, 2.75) is 12.5 Å². The molecule has 1 N–H and O–H groups in total. The molecule has 1 nitrogen and oxygen atoms in total. The van der Waals surface area contributed by atoms with Gasteiger partial charge in [0.1, 0.15) is 5.60 Å². The van der Waals surface area contributed by atoms with E-state index in [1.165, 1.54) is 0 Å². The Hall–Kier alpha value is -1.38. The van der Waals surface area contributed by atoms with E-state index in [-0.39, 0.29) is 0 Å². The molecule has 2 rings (SSSR count). The summed E-state index contributed by atoms with van der Waals surface area (Å²) in [5, 5.41) is 10.4. The third-order valence-corrected chi connectivity index (χ3v) is 3.36. The summed E-state index contributed by atoms with van der Waals surface area (Å²) in [4.78, 5) is 0. The Morgan fingerprint density at radius 2 is 1.61 bits per heavy atom. The zero-order chi connectivity index (χ0) is 13.0. The molecule has 0 fully saturated rings. The van der Waals surface area contributed by atoms with Crippen molar-refractivity contribution in [1.82, 2.24) is 0 Å². The van der Waals surface area contributed by atoms with Crippen LogP contribution in [0.2, 0.25) is 0 Å². The molecule has 92 valence electrons. The maximum atomic E-state index is 10.4. The summed E-state index contributed by atoms with van der Waals surface area (Å²) in [5.74, 6) is 0. The quantitative estimate of drug-likeness (QED) is 0.892. The SMILES string of the molecule is CC(O)(/C=C/c1ccc(Br)cc1)c1ccccc1. The number of aliphatic hydroxyl groups is 1. The van der Waals surface area contributed by atoms with Gasteiger partial charge < -0.3 is 5.11 Å². The largest absolute Gasteiger partial charge is 0.381 e. The van der Waals surface area contributed by atoms with Crippen molar-refractivity contribution in [3.63, 3.8) is 0 Å². The highest BCUT2D eigenvalue weighted by Gasteiger charge is 2.18. The van der Waals surface area contributed by atoms with Crippen molar-refractivity contribution in [2.24, 2.45) is 0 Å². The molecule has 0 bridgehead atoms. The first-order valence-corrected chi connectivity index (χ1v) is 6.60. The molecule has 1 unspecified atom stereocenters. The zero-order valence-corrected chi connectivity index (χ0v) is 11.8. The number of hydrogen-bond donors (Lipinski definition) is 1. The molecule has 0 saturated heterocycles. The van der Waals surface area contributed by atoms with Gasteiger partial charge in [0.2, 0.25) is 0 Å². The van der Waals surface area contributed by atoms with Gasteiger partial charge >= 0.3 is 0 Å². The van der Waals surface area contributed by atoms with Crippen LogP contribution in [0.1, 0.15) is 18.1 Å². The monoisotopic (exact) mass is 302 g/mol. The smallest absolute Gasteiger partial charge is 0.105 e. The summed E-state index contributed by atoms with van der Waals surface area (Å²) in [7, 11) is 0. The molecule has 2 heteroatoms. The molecule has 0 aliphatic rings. The van der Waals surface area contributed by atoms with Crippen LogP contribution in [0.3, 0.4) is 0 Å². The first-order chi connectivity index (χ1) is 8.58. The van der Waals surface area contributed by atoms with Crippen molar-refractivity contribution in [3.05, 3.63) is 76.3 Å². The molecule has 0 spiro atoms. The van der Waals surface area contributed by atoms with E-state index in [2.05, 4.69) is 15.9 Å². The second kappa shape index (κ2) is 5.51. The van der Waals surface area contributed by atoms with Crippen LogP contribution < -0.4 is 0 Å². The third kappa shape index (κ3) is 3.31. The molecule has 2 aromatic rings. The maximum Gasteiger partial charge on any atom is 0.105 e. The lowest BCUT2D eigenvalue weighted by Crippen LogP contribution is -2.17. The molecule has 18 heavy (non-hydrogen) atoms. The summed E-state index contributed by atoms with van der Waals surface area (Å²) in [6, 6.07) is 17.6. The fourth-order valence-corrected chi connectivity index (χ4v) is 1.97. The van der Waals surface area contributed by atoms with Crippen LogP contribution in [-0.2, 0) is 5.60 Å². The van der Waals surface area contributed by atoms with Crippen LogP contribution in [-0.4, -0.2) is 5.11 Å². The predicted molar refractivity (Wildman–Crippen MR) is 79.2 cm³/mol. The van der Waals surface area contributed by atoms with E-state index in [0.717, 1.165) is 15.6 Å². The van der Waals surface area contributed by atoms with Gasteiger partial charge in [0.05, 0.1) is 0 Å². The first kappa shape index (κ1) is 13.1. The molecule has 0 aromatic heterocycles. The molecule has 0 amide bonds. The Balaban J connectivity index is 2.20. The van der Waals surface area contributed by atoms with Gasteiger partial charge in [-0.15, -0.1) is 0 Å². The lowest BCUT2D eigenvalue weighted by Gasteiger charge is -2.19. The van der Waals surface area contributed by atoms with Crippen molar-refractivity contribution in [1.29, 1.82) is 0 Å². The zero-order valence-electron chi connectivity index (χ0n) is 10.2. The summed E-state index contributed by atoms with van der Waals surface area (Å²) >= 11 is 3.40. The Morgan fingerprint density at radius 1 is 1.00 bits per heavy atom. The minimum absolute atomic E-state index is 0.887. The number of benzene rings is 2. The van der Waals surface area contributed by atoms with Crippen molar-refractivity contribution >= 4 is 22.0 Å². The van der Waals surface area contributed by atoms with E-state index in [4.69, 9.17) is 0 Å². The van der Waals surface area contributed by atoms with Gasteiger partial charge in [0, 0.05) is 4.47 Å². The molecule has 0 heterocycles. The van der Waals surface area contributed by atoms with E-state index < -0.39 is 5.60 Å². The van der Waals surface area contributed by atoms with E-state index in [9.17, 15) is 5.11 Å². The van der Waals surface area contributed by atoms with Crippen LogP contribution in [0.25, 0.3) is 6.08 Å². The summed E-state index contributed by atoms with van der Waals surface area (Å²) in [6.07, 6.45) is 3.74. The number of hydrogen-bond acceptors (Lipinski definition) is 1. The van der Waals surface area contributed by atoms with Crippen molar-refractivity contribution in [2.75, 3.05) is 0 Å². The fourth-order valence-electron chi connectivity index (χ4n) is 1.70. The van der Waals surface area contributed by atoms with E-state index >= 15 is 0 Å². The fraction of sp³-hybridized carbons (Fsp3) is 0.125. The Labute approximate surface area is 116 Å². The van der Waals surface area contributed by atoms with E-state index in [1.54, 1.807) is 6.92 Å². The van der Waals surface area contributed by atoms with Gasteiger partial charge in [0.15, 0.2) is 0 Å². The molecule has 0 saturated carbocycles. The molecule has 2 aromatic carbocycles. The van der Waals surface area contributed by atoms with Gasteiger partial charge in [0.25, 0.3) is 0 Å². The van der Waals surface area contributed by atoms with E-state index in [0.29, 0.717) is 0 Å². The highest BCUT2D eigenvalue weighted by molar-refractivity contribution is 9.10. The van der Waals surface area contributed by atoms with Crippen LogP contribution in [0.5, 0.6) is 0 Å². The summed E-state index contributed by atoms with van der Waals surface area (Å²) in [5.41, 5.74) is 1.00. The van der Waals surface area contributed by atoms with Gasteiger partial charge in [-0.1, -0.05) is 64.5 Å². The number of halogens is 1. The highest BCUT2D eigenvalue weighted by atomic mass is 79.9. The summed E-state index contributed by atoms with van der Waals surface area (Å²) in [6.45, 7) is 1.79. The molecule has 1 atom stereocenters. The Kier molecular flexibility index (Phi) is 4.00. The summed E-state index contributed by atoms with van der Waals surface area (Å²) < 4.78 is 1.05. The minimum atomic E-state index is -0.950. The molecular formula is C16H15BrO. The lowest BCUT2D eigenvalue weighted by molar-refractivity contribution is 0.112. The molecular weight excluding hydrogens is 288 g/mol. The third-order valence-electron chi connectivity index (χ3n) is 2.83. The number of rotatable bonds is 3. The Morgan fingerprint density at radius 3 is 2.22 bits per heavy atom. The molecule has 0 aliphatic heterocycles. The Bertz CT molecular complexity index is 527. The predicted octanol–water partition coefficient (Wildman–Crippen LogP) is 4.37. The van der Waals surface area contributed by atoms with Crippen LogP contribution >= 0.6 is 15.9 Å². The normalized spacial score (nSPS) is 14.6. The first-order valence-electron chi connectivity index (χ1n) is 5.81. The van der Waals surface area contributed by atoms with Crippen molar-refractivity contribution < 1.29 is 5.11 Å². The van der Waals surface area contributed by atoms with Gasteiger partial charge in [-0.2, -0.15) is 0 Å². The van der Waals surface area contributed by atoms with Gasteiger partial charge in [-0.25, -0.2) is 0 Å². The minimum Gasteiger partial charge on any atom is -0.381 e. The van der Waals surface area contributed by atoms with Gasteiger partial charge in [-0.05, 0) is 36.3 Å². The average molecular weight is 303 g/mol. The standard InChI is InChI=1S/C16H15BrO/c1-16(18,14-5-3-2-4-6-14)12-11-13-7-9-15(17)10-8-13/h2-12,18H,1H3/b12-11+. The van der Waals surface area contributed by atoms with Crippen LogP contribution in [0.15, 0.2) is 65.1 Å². The highest BCUT2D eigenvalue weighted by Crippen LogP contribution is 2.23. The second-order valence-electron chi connectivity index (χ2n) is 4.40.